The lowest BCUT2D eigenvalue weighted by atomic mass is 10.2. The molecule has 1 aromatic rings. The Morgan fingerprint density at radius 1 is 1.55 bits per heavy atom. The summed E-state index contributed by atoms with van der Waals surface area (Å²) in [5.41, 5.74) is 7.88. The smallest absolute Gasteiger partial charge is 0.0352 e. The minimum atomic E-state index is 0.853. The number of hydrogen-bond acceptors (Lipinski definition) is 3. The summed E-state index contributed by atoms with van der Waals surface area (Å²) in [4.78, 5) is 1.30. The van der Waals surface area contributed by atoms with Gasteiger partial charge in [0.1, 0.15) is 0 Å². The first kappa shape index (κ1) is 7.00. The lowest BCUT2D eigenvalue weighted by Gasteiger charge is -2.00. The van der Waals surface area contributed by atoms with Gasteiger partial charge in [0.25, 0.3) is 0 Å². The third kappa shape index (κ3) is 1.21. The van der Waals surface area contributed by atoms with Crippen molar-refractivity contribution in [2.75, 3.05) is 12.8 Å². The molecule has 0 aromatic heterocycles. The van der Waals surface area contributed by atoms with Crippen molar-refractivity contribution in [1.82, 2.24) is 4.31 Å². The molecule has 0 amide bonds. The van der Waals surface area contributed by atoms with E-state index in [0.29, 0.717) is 0 Å². The molecule has 0 atom stereocenters. The Labute approximate surface area is 70.5 Å². The minimum absolute atomic E-state index is 0.853. The van der Waals surface area contributed by atoms with Gasteiger partial charge in [0.15, 0.2) is 0 Å². The van der Waals surface area contributed by atoms with Gasteiger partial charge in [-0.15, -0.1) is 0 Å². The number of rotatable bonds is 0. The van der Waals surface area contributed by atoms with Gasteiger partial charge in [-0.05, 0) is 36.7 Å². The quantitative estimate of drug-likeness (QED) is 0.470. The Kier molecular flexibility index (Phi) is 1.55. The molecule has 11 heavy (non-hydrogen) atoms. The lowest BCUT2D eigenvalue weighted by Crippen LogP contribution is -1.99. The van der Waals surface area contributed by atoms with Crippen LogP contribution in [0.1, 0.15) is 5.56 Å². The summed E-state index contributed by atoms with van der Waals surface area (Å²) in [7, 11) is 2.08. The zero-order valence-electron chi connectivity index (χ0n) is 6.37. The van der Waals surface area contributed by atoms with Gasteiger partial charge < -0.3 is 5.73 Å². The van der Waals surface area contributed by atoms with E-state index in [1.807, 2.05) is 12.1 Å². The van der Waals surface area contributed by atoms with Gasteiger partial charge in [-0.1, -0.05) is 6.07 Å². The highest BCUT2D eigenvalue weighted by atomic mass is 32.2. The van der Waals surface area contributed by atoms with E-state index in [1.54, 1.807) is 11.9 Å². The minimum Gasteiger partial charge on any atom is -0.399 e. The van der Waals surface area contributed by atoms with Crippen LogP contribution in [0.15, 0.2) is 23.1 Å². The van der Waals surface area contributed by atoms with Crippen LogP contribution in [0.3, 0.4) is 0 Å². The van der Waals surface area contributed by atoms with E-state index in [2.05, 4.69) is 17.4 Å². The van der Waals surface area contributed by atoms with Crippen molar-refractivity contribution in [3.8, 4) is 0 Å². The van der Waals surface area contributed by atoms with Crippen molar-refractivity contribution in [2.45, 2.75) is 11.4 Å². The van der Waals surface area contributed by atoms with Crippen LogP contribution in [0.25, 0.3) is 0 Å². The summed E-state index contributed by atoms with van der Waals surface area (Å²) in [6.07, 6.45) is 0. The monoisotopic (exact) mass is 166 g/mol. The van der Waals surface area contributed by atoms with Crippen LogP contribution in [0.4, 0.5) is 5.69 Å². The molecule has 0 aliphatic carbocycles. The molecule has 0 spiro atoms. The second kappa shape index (κ2) is 2.43. The van der Waals surface area contributed by atoms with E-state index in [1.165, 1.54) is 10.5 Å². The molecule has 0 fully saturated rings. The Hall–Kier alpha value is -0.670. The number of nitrogens with two attached hydrogens (primary N) is 1. The van der Waals surface area contributed by atoms with Crippen molar-refractivity contribution in [2.24, 2.45) is 0 Å². The summed E-state index contributed by atoms with van der Waals surface area (Å²) in [5, 5.41) is 0. The fourth-order valence-corrected chi connectivity index (χ4v) is 2.20. The van der Waals surface area contributed by atoms with Crippen LogP contribution in [0.2, 0.25) is 0 Å². The Morgan fingerprint density at radius 3 is 3.18 bits per heavy atom. The molecule has 58 valence electrons. The molecule has 1 aromatic carbocycles. The standard InChI is InChI=1S/C8H10N2S/c1-10-5-6-2-3-7(9)4-8(6)11-10/h2-4H,5,9H2,1H3. The number of benzene rings is 1. The molecule has 0 saturated heterocycles. The first-order valence-electron chi connectivity index (χ1n) is 3.53. The summed E-state index contributed by atoms with van der Waals surface area (Å²) < 4.78 is 2.20. The summed E-state index contributed by atoms with van der Waals surface area (Å²) >= 11 is 1.76. The molecule has 1 aliphatic rings. The van der Waals surface area contributed by atoms with Gasteiger partial charge in [0.05, 0.1) is 0 Å². The van der Waals surface area contributed by atoms with Gasteiger partial charge in [-0.3, -0.25) is 0 Å². The first-order valence-corrected chi connectivity index (χ1v) is 4.30. The molecule has 1 aliphatic heterocycles. The molecule has 1 heterocycles. The van der Waals surface area contributed by atoms with E-state index in [4.69, 9.17) is 5.73 Å². The first-order chi connectivity index (χ1) is 5.25. The maximum absolute atomic E-state index is 5.64. The van der Waals surface area contributed by atoms with Gasteiger partial charge >= 0.3 is 0 Å². The molecular weight excluding hydrogens is 156 g/mol. The van der Waals surface area contributed by atoms with Crippen LogP contribution in [0.5, 0.6) is 0 Å². The summed E-state index contributed by atoms with van der Waals surface area (Å²) in [6, 6.07) is 6.09. The van der Waals surface area contributed by atoms with Gasteiger partial charge in [-0.2, -0.15) is 0 Å². The van der Waals surface area contributed by atoms with Crippen LogP contribution < -0.4 is 5.73 Å². The highest BCUT2D eigenvalue weighted by Gasteiger charge is 2.15. The Morgan fingerprint density at radius 2 is 2.36 bits per heavy atom. The van der Waals surface area contributed by atoms with E-state index in [9.17, 15) is 0 Å². The van der Waals surface area contributed by atoms with Crippen LogP contribution >= 0.6 is 11.9 Å². The normalized spacial score (nSPS) is 16.8. The molecule has 2 rings (SSSR count). The highest BCUT2D eigenvalue weighted by Crippen LogP contribution is 2.35. The van der Waals surface area contributed by atoms with E-state index in [0.717, 1.165) is 12.2 Å². The lowest BCUT2D eigenvalue weighted by molar-refractivity contribution is 0.581. The van der Waals surface area contributed by atoms with Crippen LogP contribution in [0, 0.1) is 0 Å². The molecule has 0 bridgehead atoms. The van der Waals surface area contributed by atoms with Crippen LogP contribution in [-0.2, 0) is 6.54 Å². The zero-order valence-corrected chi connectivity index (χ0v) is 7.19. The second-order valence-corrected chi connectivity index (χ2v) is 3.99. The second-order valence-electron chi connectivity index (χ2n) is 2.74. The molecular formula is C8H10N2S. The predicted octanol–water partition coefficient (Wildman–Crippen LogP) is 1.72. The topological polar surface area (TPSA) is 29.3 Å². The molecule has 0 radical (unpaired) electrons. The van der Waals surface area contributed by atoms with Crippen molar-refractivity contribution in [3.05, 3.63) is 23.8 Å². The fraction of sp³-hybridized carbons (Fsp3) is 0.250. The Bertz CT molecular complexity index is 285. The molecule has 2 N–H and O–H groups in total. The molecule has 2 nitrogen and oxygen atoms in total. The highest BCUT2D eigenvalue weighted by molar-refractivity contribution is 7.97. The largest absolute Gasteiger partial charge is 0.399 e. The molecule has 0 saturated carbocycles. The maximum Gasteiger partial charge on any atom is 0.0352 e. The van der Waals surface area contributed by atoms with Crippen molar-refractivity contribution >= 4 is 17.6 Å². The van der Waals surface area contributed by atoms with Gasteiger partial charge in [-0.25, -0.2) is 4.31 Å². The van der Waals surface area contributed by atoms with Crippen LogP contribution in [-0.4, -0.2) is 11.4 Å². The van der Waals surface area contributed by atoms with E-state index in [-0.39, 0.29) is 0 Å². The average molecular weight is 166 g/mol. The van der Waals surface area contributed by atoms with E-state index >= 15 is 0 Å². The number of nitrogens with zero attached hydrogens (tertiary/aromatic N) is 1. The summed E-state index contributed by atoms with van der Waals surface area (Å²) in [5.74, 6) is 0. The average Bonchev–Trinajstić information content (AvgIpc) is 2.27. The van der Waals surface area contributed by atoms with E-state index < -0.39 is 0 Å². The summed E-state index contributed by atoms with van der Waals surface area (Å²) in [6.45, 7) is 1.03. The third-order valence-corrected chi connectivity index (χ3v) is 2.76. The van der Waals surface area contributed by atoms with Crippen molar-refractivity contribution in [3.63, 3.8) is 0 Å². The maximum atomic E-state index is 5.64. The molecule has 3 heteroatoms. The number of anilines is 1. The number of hydrogen-bond donors (Lipinski definition) is 1. The number of fused-ring (bicyclic) bond motifs is 1. The SMILES string of the molecule is CN1Cc2ccc(N)cc2S1. The Balaban J connectivity index is 2.43. The third-order valence-electron chi connectivity index (χ3n) is 1.74. The van der Waals surface area contributed by atoms with Gasteiger partial charge in [0.2, 0.25) is 0 Å². The zero-order chi connectivity index (χ0) is 7.84. The fourth-order valence-electron chi connectivity index (χ4n) is 1.23. The molecule has 0 unspecified atom stereocenters. The van der Waals surface area contributed by atoms with Crippen molar-refractivity contribution < 1.29 is 0 Å². The number of nitrogen functional groups attached to an aromatic ring is 1. The van der Waals surface area contributed by atoms with Crippen molar-refractivity contribution in [1.29, 1.82) is 0 Å². The predicted molar refractivity (Wildman–Crippen MR) is 48.2 cm³/mol. The van der Waals surface area contributed by atoms with Gasteiger partial charge in [0, 0.05) is 17.1 Å².